The molecular formula is C15H10BrFN2OS. The maximum absolute atomic E-state index is 13.8. The number of amides is 1. The average molecular weight is 365 g/mol. The topological polar surface area (TPSA) is 55.1 Å². The van der Waals surface area contributed by atoms with Crippen LogP contribution in [0, 0.1) is 5.82 Å². The summed E-state index contributed by atoms with van der Waals surface area (Å²) in [7, 11) is 0. The molecule has 0 aliphatic heterocycles. The molecule has 0 radical (unpaired) electrons. The SMILES string of the molecule is Nc1c(C(=O)Nc2cccc(Br)c2)sc2cccc(F)c12. The van der Waals surface area contributed by atoms with Crippen LogP contribution in [0.15, 0.2) is 46.9 Å². The Balaban J connectivity index is 1.99. The summed E-state index contributed by atoms with van der Waals surface area (Å²) < 4.78 is 15.3. The molecule has 3 aromatic rings. The van der Waals surface area contributed by atoms with Crippen molar-refractivity contribution in [3.63, 3.8) is 0 Å². The Morgan fingerprint density at radius 2 is 2.00 bits per heavy atom. The predicted molar refractivity (Wildman–Crippen MR) is 88.3 cm³/mol. The smallest absolute Gasteiger partial charge is 0.267 e. The molecule has 0 aliphatic rings. The van der Waals surface area contributed by atoms with Crippen LogP contribution in [-0.4, -0.2) is 5.91 Å². The minimum absolute atomic E-state index is 0.181. The molecule has 0 atom stereocenters. The molecule has 0 saturated carbocycles. The van der Waals surface area contributed by atoms with Gasteiger partial charge >= 0.3 is 0 Å². The van der Waals surface area contributed by atoms with Crippen molar-refractivity contribution in [2.24, 2.45) is 0 Å². The third-order valence-electron chi connectivity index (χ3n) is 2.99. The van der Waals surface area contributed by atoms with E-state index in [1.54, 1.807) is 24.3 Å². The Morgan fingerprint density at radius 1 is 1.24 bits per heavy atom. The van der Waals surface area contributed by atoms with E-state index in [1.807, 2.05) is 12.1 Å². The minimum atomic E-state index is -0.414. The van der Waals surface area contributed by atoms with Gasteiger partial charge in [-0.25, -0.2) is 4.39 Å². The number of fused-ring (bicyclic) bond motifs is 1. The fraction of sp³-hybridized carbons (Fsp3) is 0. The fourth-order valence-electron chi connectivity index (χ4n) is 2.05. The molecule has 0 spiro atoms. The van der Waals surface area contributed by atoms with Gasteiger partial charge < -0.3 is 11.1 Å². The molecule has 21 heavy (non-hydrogen) atoms. The molecule has 3 rings (SSSR count). The molecule has 2 aromatic carbocycles. The van der Waals surface area contributed by atoms with Gasteiger partial charge in [-0.05, 0) is 30.3 Å². The van der Waals surface area contributed by atoms with E-state index in [0.717, 1.165) is 4.47 Å². The summed E-state index contributed by atoms with van der Waals surface area (Å²) >= 11 is 4.52. The number of carbonyl (C=O) groups excluding carboxylic acids is 1. The molecule has 106 valence electrons. The predicted octanol–water partition coefficient (Wildman–Crippen LogP) is 4.64. The van der Waals surface area contributed by atoms with Crippen molar-refractivity contribution in [3.8, 4) is 0 Å². The van der Waals surface area contributed by atoms with E-state index in [9.17, 15) is 9.18 Å². The fourth-order valence-corrected chi connectivity index (χ4v) is 3.48. The van der Waals surface area contributed by atoms with Gasteiger partial charge in [-0.3, -0.25) is 4.79 Å². The van der Waals surface area contributed by atoms with Crippen molar-refractivity contribution in [2.75, 3.05) is 11.1 Å². The number of halogens is 2. The molecule has 1 heterocycles. The highest BCUT2D eigenvalue weighted by Gasteiger charge is 2.18. The van der Waals surface area contributed by atoms with Gasteiger partial charge in [0, 0.05) is 14.9 Å². The lowest BCUT2D eigenvalue weighted by Gasteiger charge is -2.04. The molecule has 0 bridgehead atoms. The normalized spacial score (nSPS) is 10.8. The van der Waals surface area contributed by atoms with Crippen LogP contribution in [0.5, 0.6) is 0 Å². The first-order chi connectivity index (χ1) is 10.1. The van der Waals surface area contributed by atoms with E-state index in [1.165, 1.54) is 17.4 Å². The summed E-state index contributed by atoms with van der Waals surface area (Å²) in [4.78, 5) is 12.6. The Labute approximate surface area is 132 Å². The van der Waals surface area contributed by atoms with Crippen LogP contribution in [-0.2, 0) is 0 Å². The molecule has 0 saturated heterocycles. The zero-order valence-corrected chi connectivity index (χ0v) is 13.1. The summed E-state index contributed by atoms with van der Waals surface area (Å²) in [5.74, 6) is -0.756. The first kappa shape index (κ1) is 14.0. The van der Waals surface area contributed by atoms with Crippen LogP contribution in [0.1, 0.15) is 9.67 Å². The number of hydrogen-bond acceptors (Lipinski definition) is 3. The Morgan fingerprint density at radius 3 is 2.71 bits per heavy atom. The van der Waals surface area contributed by atoms with Crippen molar-refractivity contribution in [1.29, 1.82) is 0 Å². The summed E-state index contributed by atoms with van der Waals surface area (Å²) in [6.07, 6.45) is 0. The maximum Gasteiger partial charge on any atom is 0.267 e. The number of nitrogen functional groups attached to an aromatic ring is 1. The van der Waals surface area contributed by atoms with Gasteiger partial charge in [0.2, 0.25) is 0 Å². The van der Waals surface area contributed by atoms with E-state index in [4.69, 9.17) is 5.73 Å². The third kappa shape index (κ3) is 2.64. The summed E-state index contributed by atoms with van der Waals surface area (Å²) in [5, 5.41) is 3.07. The van der Waals surface area contributed by atoms with Crippen molar-refractivity contribution >= 4 is 54.6 Å². The van der Waals surface area contributed by atoms with Crippen LogP contribution in [0.4, 0.5) is 15.8 Å². The van der Waals surface area contributed by atoms with Crippen LogP contribution in [0.25, 0.3) is 10.1 Å². The third-order valence-corrected chi connectivity index (χ3v) is 4.65. The number of carbonyl (C=O) groups is 1. The first-order valence-electron chi connectivity index (χ1n) is 6.09. The molecule has 1 aromatic heterocycles. The Hall–Kier alpha value is -1.92. The highest BCUT2D eigenvalue weighted by Crippen LogP contribution is 2.35. The van der Waals surface area contributed by atoms with Crippen LogP contribution in [0.3, 0.4) is 0 Å². The zero-order valence-electron chi connectivity index (χ0n) is 10.7. The van der Waals surface area contributed by atoms with Gasteiger partial charge in [0.05, 0.1) is 11.1 Å². The summed E-state index contributed by atoms with van der Waals surface area (Å²) in [6.45, 7) is 0. The van der Waals surface area contributed by atoms with Crippen LogP contribution < -0.4 is 11.1 Å². The van der Waals surface area contributed by atoms with Gasteiger partial charge in [0.1, 0.15) is 10.7 Å². The van der Waals surface area contributed by atoms with E-state index in [-0.39, 0.29) is 11.6 Å². The molecule has 3 nitrogen and oxygen atoms in total. The maximum atomic E-state index is 13.8. The average Bonchev–Trinajstić information content (AvgIpc) is 2.77. The molecule has 0 unspecified atom stereocenters. The lowest BCUT2D eigenvalue weighted by Crippen LogP contribution is -2.11. The number of rotatable bonds is 2. The lowest BCUT2D eigenvalue weighted by molar-refractivity contribution is 0.103. The van der Waals surface area contributed by atoms with Gasteiger partial charge in [-0.15, -0.1) is 11.3 Å². The summed E-state index contributed by atoms with van der Waals surface area (Å²) in [5.41, 5.74) is 6.75. The second kappa shape index (κ2) is 5.46. The molecule has 6 heteroatoms. The monoisotopic (exact) mass is 364 g/mol. The minimum Gasteiger partial charge on any atom is -0.397 e. The molecule has 0 fully saturated rings. The quantitative estimate of drug-likeness (QED) is 0.695. The summed E-state index contributed by atoms with van der Waals surface area (Å²) in [6, 6.07) is 11.9. The highest BCUT2D eigenvalue weighted by molar-refractivity contribution is 9.10. The van der Waals surface area contributed by atoms with Crippen LogP contribution >= 0.6 is 27.3 Å². The van der Waals surface area contributed by atoms with Gasteiger partial charge in [-0.1, -0.05) is 28.1 Å². The second-order valence-corrected chi connectivity index (χ2v) is 6.39. The zero-order chi connectivity index (χ0) is 15.0. The number of anilines is 2. The Bertz CT molecular complexity index is 847. The van der Waals surface area contributed by atoms with E-state index >= 15 is 0 Å². The van der Waals surface area contributed by atoms with Gasteiger partial charge in [0.15, 0.2) is 0 Å². The molecular weight excluding hydrogens is 355 g/mol. The number of hydrogen-bond donors (Lipinski definition) is 2. The van der Waals surface area contributed by atoms with Crippen molar-refractivity contribution < 1.29 is 9.18 Å². The lowest BCUT2D eigenvalue weighted by atomic mass is 10.2. The van der Waals surface area contributed by atoms with Crippen molar-refractivity contribution in [2.45, 2.75) is 0 Å². The van der Waals surface area contributed by atoms with Gasteiger partial charge in [-0.2, -0.15) is 0 Å². The molecule has 3 N–H and O–H groups in total. The first-order valence-corrected chi connectivity index (χ1v) is 7.70. The Kier molecular flexibility index (Phi) is 3.65. The molecule has 1 amide bonds. The van der Waals surface area contributed by atoms with E-state index in [0.29, 0.717) is 20.7 Å². The molecule has 0 aliphatic carbocycles. The number of nitrogens with one attached hydrogen (secondary N) is 1. The van der Waals surface area contributed by atoms with Crippen LogP contribution in [0.2, 0.25) is 0 Å². The highest BCUT2D eigenvalue weighted by atomic mass is 79.9. The van der Waals surface area contributed by atoms with Gasteiger partial charge in [0.25, 0.3) is 5.91 Å². The number of nitrogens with two attached hydrogens (primary N) is 1. The number of thiophene rings is 1. The second-order valence-electron chi connectivity index (χ2n) is 4.42. The van der Waals surface area contributed by atoms with E-state index < -0.39 is 5.82 Å². The number of benzene rings is 2. The largest absolute Gasteiger partial charge is 0.397 e. The van der Waals surface area contributed by atoms with E-state index in [2.05, 4.69) is 21.2 Å². The van der Waals surface area contributed by atoms with Crippen molar-refractivity contribution in [1.82, 2.24) is 0 Å². The standard InChI is InChI=1S/C15H10BrFN2OS/c16-8-3-1-4-9(7-8)19-15(20)14-13(18)12-10(17)5-2-6-11(12)21-14/h1-7H,18H2,(H,19,20). The van der Waals surface area contributed by atoms with Crippen molar-refractivity contribution in [3.05, 3.63) is 57.6 Å².